The van der Waals surface area contributed by atoms with E-state index >= 15 is 0 Å². The van der Waals surface area contributed by atoms with Crippen LogP contribution in [0, 0.1) is 0 Å². The van der Waals surface area contributed by atoms with E-state index in [1.807, 2.05) is 12.1 Å². The first-order chi connectivity index (χ1) is 10.1. The molecule has 21 heavy (non-hydrogen) atoms. The molecule has 0 atom stereocenters. The minimum atomic E-state index is 0.384. The molecule has 0 saturated carbocycles. The number of methoxy groups -OCH3 is 2. The lowest BCUT2D eigenvalue weighted by Gasteiger charge is -2.14. The molecule has 1 aromatic carbocycles. The number of hydrazine groups is 1. The molecule has 0 radical (unpaired) electrons. The van der Waals surface area contributed by atoms with Gasteiger partial charge in [-0.3, -0.25) is 0 Å². The zero-order valence-corrected chi connectivity index (χ0v) is 14.4. The molecule has 2 rings (SSSR count). The van der Waals surface area contributed by atoms with Gasteiger partial charge in [0.15, 0.2) is 11.6 Å². The Bertz CT molecular complexity index is 654. The Labute approximate surface area is 138 Å². The minimum Gasteiger partial charge on any atom is -0.495 e. The number of halogens is 2. The molecule has 9 heteroatoms. The first-order valence-electron chi connectivity index (χ1n) is 5.76. The molecule has 0 aliphatic rings. The molecule has 1 heterocycles. The van der Waals surface area contributed by atoms with E-state index in [9.17, 15) is 0 Å². The van der Waals surface area contributed by atoms with Gasteiger partial charge in [-0.05, 0) is 37.9 Å². The Hall–Kier alpha value is -1.58. The number of ether oxygens (including phenoxy) is 2. The maximum absolute atomic E-state index is 5.40. The van der Waals surface area contributed by atoms with Crippen LogP contribution in [0.4, 0.5) is 17.3 Å². The van der Waals surface area contributed by atoms with Crippen LogP contribution in [0.2, 0.25) is 0 Å². The zero-order valence-electron chi connectivity index (χ0n) is 11.3. The van der Waals surface area contributed by atoms with Gasteiger partial charge < -0.3 is 20.2 Å². The summed E-state index contributed by atoms with van der Waals surface area (Å²) in [6.07, 6.45) is 1.38. The minimum absolute atomic E-state index is 0.384. The van der Waals surface area contributed by atoms with Crippen LogP contribution in [0.25, 0.3) is 0 Å². The van der Waals surface area contributed by atoms with E-state index in [0.717, 1.165) is 14.6 Å². The monoisotopic (exact) mass is 417 g/mol. The van der Waals surface area contributed by atoms with Gasteiger partial charge in [-0.1, -0.05) is 0 Å². The quantitative estimate of drug-likeness (QED) is 0.507. The topological polar surface area (TPSA) is 94.3 Å². The van der Waals surface area contributed by atoms with Crippen molar-refractivity contribution in [2.75, 3.05) is 25.0 Å². The molecular weight excluding hydrogens is 406 g/mol. The summed E-state index contributed by atoms with van der Waals surface area (Å²) in [6.45, 7) is 0. The van der Waals surface area contributed by atoms with Crippen molar-refractivity contribution in [1.29, 1.82) is 0 Å². The van der Waals surface area contributed by atoms with Crippen LogP contribution >= 0.6 is 31.9 Å². The lowest BCUT2D eigenvalue weighted by Crippen LogP contribution is -2.11. The van der Waals surface area contributed by atoms with Crippen LogP contribution in [0.5, 0.6) is 11.5 Å². The second-order valence-electron chi connectivity index (χ2n) is 3.84. The highest BCUT2D eigenvalue weighted by molar-refractivity contribution is 9.11. The summed E-state index contributed by atoms with van der Waals surface area (Å²) >= 11 is 6.90. The third-order valence-corrected chi connectivity index (χ3v) is 3.92. The smallest absolute Gasteiger partial charge is 0.205 e. The standard InChI is InChI=1S/C12H13Br2N5O2/c1-20-9-4-8(6(13)3-7(9)14)18-11-10(21-2)12(19-15)17-5-16-11/h3-5H,15H2,1-2H3,(H2,16,17,18,19). The number of benzene rings is 1. The summed E-state index contributed by atoms with van der Waals surface area (Å²) in [5, 5.41) is 3.15. The SMILES string of the molecule is COc1cc(Nc2ncnc(NN)c2OC)c(Br)cc1Br. The van der Waals surface area contributed by atoms with Gasteiger partial charge in [-0.15, -0.1) is 0 Å². The fraction of sp³-hybridized carbons (Fsp3) is 0.167. The summed E-state index contributed by atoms with van der Waals surface area (Å²) in [5.74, 6) is 7.36. The van der Waals surface area contributed by atoms with Gasteiger partial charge in [-0.2, -0.15) is 0 Å². The molecule has 2 aromatic rings. The Morgan fingerprint density at radius 3 is 2.38 bits per heavy atom. The highest BCUT2D eigenvalue weighted by atomic mass is 79.9. The molecule has 0 aliphatic heterocycles. The molecule has 4 N–H and O–H groups in total. The number of aromatic nitrogens is 2. The third-order valence-electron chi connectivity index (χ3n) is 2.64. The van der Waals surface area contributed by atoms with Crippen molar-refractivity contribution in [3.05, 3.63) is 27.4 Å². The molecule has 112 valence electrons. The van der Waals surface area contributed by atoms with Gasteiger partial charge in [0.25, 0.3) is 0 Å². The van der Waals surface area contributed by atoms with Crippen molar-refractivity contribution in [3.8, 4) is 11.5 Å². The van der Waals surface area contributed by atoms with Crippen LogP contribution in [-0.2, 0) is 0 Å². The summed E-state index contributed by atoms with van der Waals surface area (Å²) in [5.41, 5.74) is 3.22. The lowest BCUT2D eigenvalue weighted by molar-refractivity contribution is 0.412. The highest BCUT2D eigenvalue weighted by Gasteiger charge is 2.14. The van der Waals surface area contributed by atoms with Crippen molar-refractivity contribution < 1.29 is 9.47 Å². The first-order valence-corrected chi connectivity index (χ1v) is 7.35. The normalized spacial score (nSPS) is 10.1. The van der Waals surface area contributed by atoms with Crippen molar-refractivity contribution >= 4 is 49.2 Å². The maximum atomic E-state index is 5.40. The molecule has 0 aliphatic carbocycles. The number of nitrogens with zero attached hydrogens (tertiary/aromatic N) is 2. The van der Waals surface area contributed by atoms with Crippen molar-refractivity contribution in [3.63, 3.8) is 0 Å². The summed E-state index contributed by atoms with van der Waals surface area (Å²) < 4.78 is 12.2. The Morgan fingerprint density at radius 2 is 1.76 bits per heavy atom. The Balaban J connectivity index is 2.43. The fourth-order valence-electron chi connectivity index (χ4n) is 1.67. The average Bonchev–Trinajstić information content (AvgIpc) is 2.49. The van der Waals surface area contributed by atoms with Crippen LogP contribution in [-0.4, -0.2) is 24.2 Å². The molecule has 0 bridgehead atoms. The van der Waals surface area contributed by atoms with E-state index in [4.69, 9.17) is 15.3 Å². The van der Waals surface area contributed by atoms with E-state index in [-0.39, 0.29) is 0 Å². The van der Waals surface area contributed by atoms with Crippen LogP contribution in [0.3, 0.4) is 0 Å². The van der Waals surface area contributed by atoms with Gasteiger partial charge in [0, 0.05) is 10.5 Å². The van der Waals surface area contributed by atoms with Crippen molar-refractivity contribution in [2.45, 2.75) is 0 Å². The average molecular weight is 419 g/mol. The van der Waals surface area contributed by atoms with Gasteiger partial charge in [0.1, 0.15) is 12.1 Å². The largest absolute Gasteiger partial charge is 0.495 e. The number of nitrogens with one attached hydrogen (secondary N) is 2. The first kappa shape index (κ1) is 15.8. The number of nitrogens with two attached hydrogens (primary N) is 1. The van der Waals surface area contributed by atoms with Crippen LogP contribution in [0.1, 0.15) is 0 Å². The van der Waals surface area contributed by atoms with Gasteiger partial charge in [0.05, 0.1) is 24.4 Å². The molecule has 0 saturated heterocycles. The summed E-state index contributed by atoms with van der Waals surface area (Å²) in [4.78, 5) is 8.14. The predicted molar refractivity (Wildman–Crippen MR) is 88.1 cm³/mol. The second-order valence-corrected chi connectivity index (χ2v) is 5.55. The van der Waals surface area contributed by atoms with E-state index in [1.54, 1.807) is 7.11 Å². The van der Waals surface area contributed by atoms with E-state index in [2.05, 4.69) is 52.6 Å². The molecule has 0 unspecified atom stereocenters. The predicted octanol–water partition coefficient (Wildman–Crippen LogP) is 3.05. The third kappa shape index (κ3) is 3.36. The van der Waals surface area contributed by atoms with Crippen LogP contribution < -0.4 is 26.1 Å². The fourth-order valence-corrected chi connectivity index (χ4v) is 2.92. The number of rotatable bonds is 5. The molecule has 7 nitrogen and oxygen atoms in total. The van der Waals surface area contributed by atoms with Crippen LogP contribution in [0.15, 0.2) is 27.4 Å². The maximum Gasteiger partial charge on any atom is 0.205 e. The number of anilines is 3. The van der Waals surface area contributed by atoms with Gasteiger partial charge in [-0.25, -0.2) is 15.8 Å². The molecule has 0 spiro atoms. The summed E-state index contributed by atoms with van der Waals surface area (Å²) in [6, 6.07) is 3.70. The Morgan fingerprint density at radius 1 is 1.05 bits per heavy atom. The summed E-state index contributed by atoms with van der Waals surface area (Å²) in [7, 11) is 3.11. The second kappa shape index (κ2) is 6.92. The molecule has 0 fully saturated rings. The zero-order chi connectivity index (χ0) is 15.4. The van der Waals surface area contributed by atoms with E-state index < -0.39 is 0 Å². The molecule has 1 aromatic heterocycles. The molecular formula is C12H13Br2N5O2. The number of hydrogen-bond donors (Lipinski definition) is 3. The van der Waals surface area contributed by atoms with E-state index in [0.29, 0.717) is 23.1 Å². The van der Waals surface area contributed by atoms with E-state index in [1.165, 1.54) is 13.4 Å². The molecule has 0 amide bonds. The Kier molecular flexibility index (Phi) is 5.21. The lowest BCUT2D eigenvalue weighted by atomic mass is 10.3. The van der Waals surface area contributed by atoms with Crippen molar-refractivity contribution in [2.24, 2.45) is 5.84 Å². The van der Waals surface area contributed by atoms with Gasteiger partial charge in [0.2, 0.25) is 5.75 Å². The van der Waals surface area contributed by atoms with Crippen molar-refractivity contribution in [1.82, 2.24) is 9.97 Å². The number of hydrogen-bond acceptors (Lipinski definition) is 7. The van der Waals surface area contributed by atoms with Gasteiger partial charge >= 0.3 is 0 Å². The number of nitrogen functional groups attached to an aromatic ring is 1. The highest BCUT2D eigenvalue weighted by Crippen LogP contribution is 2.38.